The average molecular weight is 426 g/mol. The number of hydrogen-bond donors (Lipinski definition) is 3. The van der Waals surface area contributed by atoms with E-state index in [2.05, 4.69) is 26.9 Å². The van der Waals surface area contributed by atoms with Crippen LogP contribution in [0.4, 0.5) is 0 Å². The Kier molecular flexibility index (Phi) is 5.77. The summed E-state index contributed by atoms with van der Waals surface area (Å²) >= 11 is 0. The van der Waals surface area contributed by atoms with Crippen LogP contribution in [0.5, 0.6) is 0 Å². The minimum atomic E-state index is -0.558. The molecular weight excluding hydrogens is 394 g/mol. The van der Waals surface area contributed by atoms with Gasteiger partial charge in [-0.25, -0.2) is 0 Å². The van der Waals surface area contributed by atoms with E-state index in [1.54, 1.807) is 4.90 Å². The summed E-state index contributed by atoms with van der Waals surface area (Å²) in [5.74, 6) is -0.733. The zero-order valence-corrected chi connectivity index (χ0v) is 17.9. The van der Waals surface area contributed by atoms with E-state index < -0.39 is 6.04 Å². The van der Waals surface area contributed by atoms with Crippen molar-refractivity contribution in [3.8, 4) is 0 Å². The number of carbonyl (C=O) groups is 3. The predicted molar refractivity (Wildman–Crippen MR) is 115 cm³/mol. The van der Waals surface area contributed by atoms with E-state index in [-0.39, 0.29) is 24.1 Å². The van der Waals surface area contributed by atoms with Gasteiger partial charge in [0, 0.05) is 63.3 Å². The predicted octanol–water partition coefficient (Wildman–Crippen LogP) is 0.364. The second-order valence-corrected chi connectivity index (χ2v) is 9.16. The molecule has 0 aromatic heterocycles. The number of piperidine rings is 1. The number of nitrogens with one attached hydrogen (secondary N) is 3. The van der Waals surface area contributed by atoms with Crippen LogP contribution < -0.4 is 16.0 Å². The molecule has 1 unspecified atom stereocenters. The minimum Gasteiger partial charge on any atom is -0.322 e. The summed E-state index contributed by atoms with van der Waals surface area (Å²) in [5.41, 5.74) is 2.81. The van der Waals surface area contributed by atoms with Crippen LogP contribution in [0.25, 0.3) is 0 Å². The maximum absolute atomic E-state index is 12.9. The lowest BCUT2D eigenvalue weighted by molar-refractivity contribution is -0.136. The minimum absolute atomic E-state index is 0.112. The Hall–Kier alpha value is -2.29. The topological polar surface area (TPSA) is 93.8 Å². The number of carbonyl (C=O) groups excluding carboxylic acids is 3. The highest BCUT2D eigenvalue weighted by molar-refractivity contribution is 6.05. The van der Waals surface area contributed by atoms with Gasteiger partial charge in [-0.05, 0) is 36.5 Å². The van der Waals surface area contributed by atoms with Crippen LogP contribution >= 0.6 is 0 Å². The maximum atomic E-state index is 12.9. The zero-order valence-electron chi connectivity index (χ0n) is 17.9. The first-order valence-electron chi connectivity index (χ1n) is 11.5. The molecule has 8 nitrogen and oxygen atoms in total. The average Bonchev–Trinajstić information content (AvgIpc) is 3.37. The molecule has 3 atom stereocenters. The molecular formula is C23H31N5O3. The van der Waals surface area contributed by atoms with Crippen molar-refractivity contribution >= 4 is 17.7 Å². The van der Waals surface area contributed by atoms with Gasteiger partial charge in [-0.15, -0.1) is 0 Å². The Balaban J connectivity index is 1.22. The van der Waals surface area contributed by atoms with Crippen LogP contribution in [-0.4, -0.2) is 71.8 Å². The van der Waals surface area contributed by atoms with Crippen LogP contribution in [0.1, 0.15) is 53.6 Å². The zero-order chi connectivity index (χ0) is 21.4. The summed E-state index contributed by atoms with van der Waals surface area (Å²) in [7, 11) is 0. The molecule has 2 saturated heterocycles. The third-order valence-electron chi connectivity index (χ3n) is 7.26. The molecule has 1 saturated carbocycles. The van der Waals surface area contributed by atoms with Gasteiger partial charge in [-0.1, -0.05) is 18.6 Å². The van der Waals surface area contributed by atoms with Crippen molar-refractivity contribution in [2.45, 2.75) is 63.3 Å². The first kappa shape index (κ1) is 20.6. The Bertz CT molecular complexity index is 882. The molecule has 3 amide bonds. The summed E-state index contributed by atoms with van der Waals surface area (Å²) in [6.07, 6.45) is 4.42. The van der Waals surface area contributed by atoms with E-state index in [1.165, 1.54) is 24.8 Å². The van der Waals surface area contributed by atoms with E-state index in [4.69, 9.17) is 0 Å². The standard InChI is InChI=1S/C23H31N5O3/c29-21-7-6-20(22(30)26-21)28-14-16-12-15(4-5-17(16)23(28)31)13-25-18-2-1-3-19(18)27-10-8-24-9-11-27/h4-5,12,18-20,24-25H,1-3,6-11,13-14H2,(H,26,29,30)/t18-,19+,20?/m1/s1. The molecule has 3 aliphatic heterocycles. The first-order chi connectivity index (χ1) is 15.1. The van der Waals surface area contributed by atoms with Gasteiger partial charge in [-0.2, -0.15) is 0 Å². The molecule has 3 fully saturated rings. The quantitative estimate of drug-likeness (QED) is 0.590. The van der Waals surface area contributed by atoms with Crippen molar-refractivity contribution < 1.29 is 14.4 Å². The molecule has 1 aliphatic carbocycles. The summed E-state index contributed by atoms with van der Waals surface area (Å²) in [6.45, 7) is 5.62. The summed E-state index contributed by atoms with van der Waals surface area (Å²) < 4.78 is 0. The SMILES string of the molecule is O=C1CCC(N2Cc3cc(CN[C@@H]4CCC[C@@H]4N4CCNCC4)ccc3C2=O)C(=O)N1. The smallest absolute Gasteiger partial charge is 0.255 e. The molecule has 8 heteroatoms. The van der Waals surface area contributed by atoms with Gasteiger partial charge < -0.3 is 15.5 Å². The number of imide groups is 1. The van der Waals surface area contributed by atoms with E-state index in [9.17, 15) is 14.4 Å². The molecule has 1 aromatic rings. The largest absolute Gasteiger partial charge is 0.322 e. The van der Waals surface area contributed by atoms with Gasteiger partial charge >= 0.3 is 0 Å². The number of rotatable bonds is 5. The Morgan fingerprint density at radius 1 is 1.06 bits per heavy atom. The van der Waals surface area contributed by atoms with Gasteiger partial charge in [0.25, 0.3) is 5.91 Å². The molecule has 0 bridgehead atoms. The van der Waals surface area contributed by atoms with Crippen LogP contribution in [0, 0.1) is 0 Å². The van der Waals surface area contributed by atoms with E-state index >= 15 is 0 Å². The number of piperazine rings is 1. The van der Waals surface area contributed by atoms with Crippen molar-refractivity contribution in [3.05, 3.63) is 34.9 Å². The van der Waals surface area contributed by atoms with Gasteiger partial charge in [-0.3, -0.25) is 24.6 Å². The molecule has 0 radical (unpaired) electrons. The van der Waals surface area contributed by atoms with Crippen molar-refractivity contribution in [1.29, 1.82) is 0 Å². The Labute approximate surface area is 182 Å². The second-order valence-electron chi connectivity index (χ2n) is 9.16. The normalized spacial score (nSPS) is 29.4. The lowest BCUT2D eigenvalue weighted by Crippen LogP contribution is -2.53. The Morgan fingerprint density at radius 2 is 1.90 bits per heavy atom. The fraction of sp³-hybridized carbons (Fsp3) is 0.609. The third-order valence-corrected chi connectivity index (χ3v) is 7.26. The van der Waals surface area contributed by atoms with Gasteiger partial charge in [0.2, 0.25) is 11.8 Å². The van der Waals surface area contributed by atoms with Gasteiger partial charge in [0.15, 0.2) is 0 Å². The fourth-order valence-corrected chi connectivity index (χ4v) is 5.62. The number of hydrogen-bond acceptors (Lipinski definition) is 6. The van der Waals surface area contributed by atoms with Gasteiger partial charge in [0.1, 0.15) is 6.04 Å². The highest BCUT2D eigenvalue weighted by Gasteiger charge is 2.39. The van der Waals surface area contributed by atoms with Crippen molar-refractivity contribution in [3.63, 3.8) is 0 Å². The molecule has 0 spiro atoms. The van der Waals surface area contributed by atoms with E-state index in [0.717, 1.165) is 38.3 Å². The van der Waals surface area contributed by atoms with Crippen LogP contribution in [0.3, 0.4) is 0 Å². The lowest BCUT2D eigenvalue weighted by atomic mass is 10.0. The first-order valence-corrected chi connectivity index (χ1v) is 11.5. The lowest BCUT2D eigenvalue weighted by Gasteiger charge is -2.36. The Morgan fingerprint density at radius 3 is 2.71 bits per heavy atom. The number of fused-ring (bicyclic) bond motifs is 1. The molecule has 3 heterocycles. The molecule has 5 rings (SSSR count). The highest BCUT2D eigenvalue weighted by atomic mass is 16.2. The molecule has 166 valence electrons. The number of amides is 3. The molecule has 31 heavy (non-hydrogen) atoms. The van der Waals surface area contributed by atoms with Crippen LogP contribution in [0.2, 0.25) is 0 Å². The molecule has 4 aliphatic rings. The van der Waals surface area contributed by atoms with Crippen LogP contribution in [0.15, 0.2) is 18.2 Å². The summed E-state index contributed by atoms with van der Waals surface area (Å²) in [4.78, 5) is 40.7. The van der Waals surface area contributed by atoms with Gasteiger partial charge in [0.05, 0.1) is 0 Å². The van der Waals surface area contributed by atoms with Crippen molar-refractivity contribution in [1.82, 2.24) is 25.8 Å². The van der Waals surface area contributed by atoms with Crippen molar-refractivity contribution in [2.75, 3.05) is 26.2 Å². The third kappa shape index (κ3) is 4.12. The van der Waals surface area contributed by atoms with Crippen molar-refractivity contribution in [2.24, 2.45) is 0 Å². The highest BCUT2D eigenvalue weighted by Crippen LogP contribution is 2.29. The van der Waals surface area contributed by atoms with E-state index in [0.29, 0.717) is 30.6 Å². The molecule has 1 aromatic carbocycles. The second kappa shape index (κ2) is 8.68. The van der Waals surface area contributed by atoms with Crippen LogP contribution in [-0.2, 0) is 22.7 Å². The fourth-order valence-electron chi connectivity index (χ4n) is 5.62. The summed E-state index contributed by atoms with van der Waals surface area (Å²) in [5, 5.41) is 9.57. The summed E-state index contributed by atoms with van der Waals surface area (Å²) in [6, 6.07) is 6.57. The monoisotopic (exact) mass is 425 g/mol. The van der Waals surface area contributed by atoms with E-state index in [1.807, 2.05) is 12.1 Å². The maximum Gasteiger partial charge on any atom is 0.255 e. The number of benzene rings is 1. The molecule has 3 N–H and O–H groups in total. The number of nitrogens with zero attached hydrogens (tertiary/aromatic N) is 2.